The minimum atomic E-state index is -0.357. The third kappa shape index (κ3) is 4.00. The quantitative estimate of drug-likeness (QED) is 0.632. The normalized spacial score (nSPS) is 11.9. The van der Waals surface area contributed by atoms with Gasteiger partial charge in [0.05, 0.1) is 33.1 Å². The summed E-state index contributed by atoms with van der Waals surface area (Å²) in [6.07, 6.45) is 0.222. The van der Waals surface area contributed by atoms with Crippen LogP contribution in [0.3, 0.4) is 0 Å². The first-order valence-electron chi connectivity index (χ1n) is 7.56. The average molecular weight is 395 g/mol. The number of thiazole rings is 1. The summed E-state index contributed by atoms with van der Waals surface area (Å²) in [6, 6.07) is 8.91. The zero-order chi connectivity index (χ0) is 18.0. The van der Waals surface area contributed by atoms with Crippen LogP contribution in [0.2, 0.25) is 4.34 Å². The van der Waals surface area contributed by atoms with E-state index in [-0.39, 0.29) is 18.3 Å². The maximum Gasteiger partial charge on any atom is 0.338 e. The summed E-state index contributed by atoms with van der Waals surface area (Å²) in [7, 11) is 1.84. The molecular formula is C17H15ClN2O3S2. The van der Waals surface area contributed by atoms with Crippen LogP contribution in [0.15, 0.2) is 35.3 Å². The average Bonchev–Trinajstić information content (AvgIpc) is 3.11. The van der Waals surface area contributed by atoms with E-state index in [0.29, 0.717) is 21.3 Å². The molecule has 0 saturated carbocycles. The van der Waals surface area contributed by atoms with E-state index in [9.17, 15) is 9.59 Å². The maximum absolute atomic E-state index is 12.2. The van der Waals surface area contributed by atoms with Gasteiger partial charge in [-0.1, -0.05) is 22.9 Å². The first kappa shape index (κ1) is 17.8. The number of hydrogen-bond acceptors (Lipinski definition) is 5. The van der Waals surface area contributed by atoms with Gasteiger partial charge in [-0.2, -0.15) is 4.99 Å². The molecule has 2 heterocycles. The van der Waals surface area contributed by atoms with Crippen molar-refractivity contribution in [2.75, 3.05) is 6.61 Å². The lowest BCUT2D eigenvalue weighted by Crippen LogP contribution is -2.13. The van der Waals surface area contributed by atoms with Gasteiger partial charge in [-0.25, -0.2) is 4.79 Å². The highest BCUT2D eigenvalue weighted by atomic mass is 35.5. The van der Waals surface area contributed by atoms with Crippen molar-refractivity contribution in [3.05, 3.63) is 49.9 Å². The van der Waals surface area contributed by atoms with Gasteiger partial charge in [-0.05, 0) is 37.3 Å². The summed E-state index contributed by atoms with van der Waals surface area (Å²) in [5.74, 6) is -0.587. The number of aromatic nitrogens is 1. The molecule has 0 saturated heterocycles. The number of amides is 1. The van der Waals surface area contributed by atoms with E-state index in [1.54, 1.807) is 25.1 Å². The molecule has 0 spiro atoms. The van der Waals surface area contributed by atoms with Crippen LogP contribution in [0, 0.1) is 0 Å². The van der Waals surface area contributed by atoms with Crippen molar-refractivity contribution in [2.24, 2.45) is 12.0 Å². The lowest BCUT2D eigenvalue weighted by molar-refractivity contribution is -0.117. The molecule has 1 amide bonds. The van der Waals surface area contributed by atoms with Crippen LogP contribution in [-0.4, -0.2) is 23.1 Å². The standard InChI is InChI=1S/C17H15ClN2O3S2/c1-3-23-16(22)10-4-6-12-13(8-10)25-17(20(12)2)19-15(21)9-11-5-7-14(18)24-11/h4-8H,3,9H2,1-2H3. The number of ether oxygens (including phenoxy) is 1. The predicted octanol–water partition coefficient (Wildman–Crippen LogP) is 3.80. The van der Waals surface area contributed by atoms with Gasteiger partial charge in [-0.3, -0.25) is 4.79 Å². The zero-order valence-corrected chi connectivity index (χ0v) is 16.0. The molecule has 1 aromatic carbocycles. The van der Waals surface area contributed by atoms with Crippen LogP contribution in [0.1, 0.15) is 22.2 Å². The molecule has 0 radical (unpaired) electrons. The Labute approximate surface area is 157 Å². The van der Waals surface area contributed by atoms with E-state index < -0.39 is 0 Å². The predicted molar refractivity (Wildman–Crippen MR) is 100 cm³/mol. The summed E-state index contributed by atoms with van der Waals surface area (Å²) >= 11 is 8.62. The molecule has 2 aromatic heterocycles. The molecule has 3 aromatic rings. The van der Waals surface area contributed by atoms with Crippen molar-refractivity contribution in [3.63, 3.8) is 0 Å². The van der Waals surface area contributed by atoms with Crippen molar-refractivity contribution in [3.8, 4) is 0 Å². The molecular weight excluding hydrogens is 380 g/mol. The number of nitrogens with zero attached hydrogens (tertiary/aromatic N) is 2. The largest absolute Gasteiger partial charge is 0.462 e. The van der Waals surface area contributed by atoms with Crippen LogP contribution in [0.4, 0.5) is 0 Å². The highest BCUT2D eigenvalue weighted by molar-refractivity contribution is 7.16. The Kier molecular flexibility index (Phi) is 5.36. The SMILES string of the molecule is CCOC(=O)c1ccc2c(c1)sc(=NC(=O)Cc1ccc(Cl)s1)n2C. The summed E-state index contributed by atoms with van der Waals surface area (Å²) in [4.78, 5) is 29.7. The topological polar surface area (TPSA) is 60.7 Å². The Hall–Kier alpha value is -1.96. The number of rotatable bonds is 4. The molecule has 0 aliphatic rings. The molecule has 130 valence electrons. The smallest absolute Gasteiger partial charge is 0.338 e. The summed E-state index contributed by atoms with van der Waals surface area (Å²) in [6.45, 7) is 2.10. The molecule has 3 rings (SSSR count). The Bertz CT molecular complexity index is 1020. The van der Waals surface area contributed by atoms with E-state index in [0.717, 1.165) is 15.1 Å². The Morgan fingerprint density at radius 2 is 2.04 bits per heavy atom. The summed E-state index contributed by atoms with van der Waals surface area (Å²) in [5, 5.41) is 0. The fourth-order valence-corrected chi connectivity index (χ4v) is 4.48. The van der Waals surface area contributed by atoms with Gasteiger partial charge in [-0.15, -0.1) is 11.3 Å². The Balaban J connectivity index is 1.92. The molecule has 0 atom stereocenters. The third-order valence-electron chi connectivity index (χ3n) is 3.50. The van der Waals surface area contributed by atoms with Crippen molar-refractivity contribution in [1.82, 2.24) is 4.57 Å². The number of esters is 1. The Morgan fingerprint density at radius 1 is 1.24 bits per heavy atom. The minimum absolute atomic E-state index is 0.222. The van der Waals surface area contributed by atoms with Gasteiger partial charge >= 0.3 is 5.97 Å². The number of benzene rings is 1. The van der Waals surface area contributed by atoms with Gasteiger partial charge in [0.2, 0.25) is 0 Å². The molecule has 0 fully saturated rings. The maximum atomic E-state index is 12.2. The highest BCUT2D eigenvalue weighted by Gasteiger charge is 2.11. The fourth-order valence-electron chi connectivity index (χ4n) is 2.32. The number of fused-ring (bicyclic) bond motifs is 1. The highest BCUT2D eigenvalue weighted by Crippen LogP contribution is 2.22. The summed E-state index contributed by atoms with van der Waals surface area (Å²) in [5.41, 5.74) is 1.39. The number of carbonyl (C=O) groups is 2. The second-order valence-electron chi connectivity index (χ2n) is 5.23. The first-order chi connectivity index (χ1) is 12.0. The molecule has 0 N–H and O–H groups in total. The second kappa shape index (κ2) is 7.51. The van der Waals surface area contributed by atoms with Crippen LogP contribution >= 0.6 is 34.3 Å². The third-order valence-corrected chi connectivity index (χ3v) is 5.82. The summed E-state index contributed by atoms with van der Waals surface area (Å²) < 4.78 is 8.39. The second-order valence-corrected chi connectivity index (χ2v) is 8.04. The van der Waals surface area contributed by atoms with Gasteiger partial charge in [0.15, 0.2) is 4.80 Å². The molecule has 8 heteroatoms. The number of carbonyl (C=O) groups excluding carboxylic acids is 2. The fraction of sp³-hybridized carbons (Fsp3) is 0.235. The molecule has 0 aliphatic carbocycles. The Morgan fingerprint density at radius 3 is 2.72 bits per heavy atom. The number of aryl methyl sites for hydroxylation is 1. The molecule has 25 heavy (non-hydrogen) atoms. The van der Waals surface area contributed by atoms with Crippen LogP contribution in [0.25, 0.3) is 10.2 Å². The molecule has 0 unspecified atom stereocenters. The van der Waals surface area contributed by atoms with Gasteiger partial charge in [0, 0.05) is 11.9 Å². The van der Waals surface area contributed by atoms with E-state index >= 15 is 0 Å². The number of hydrogen-bond donors (Lipinski definition) is 0. The van der Waals surface area contributed by atoms with Crippen molar-refractivity contribution >= 4 is 56.4 Å². The lowest BCUT2D eigenvalue weighted by atomic mass is 10.2. The monoisotopic (exact) mass is 394 g/mol. The number of thiophene rings is 1. The van der Waals surface area contributed by atoms with Crippen LogP contribution < -0.4 is 4.80 Å². The van der Waals surface area contributed by atoms with E-state index in [1.165, 1.54) is 22.7 Å². The van der Waals surface area contributed by atoms with Crippen LogP contribution in [0.5, 0.6) is 0 Å². The van der Waals surface area contributed by atoms with Crippen molar-refractivity contribution in [1.29, 1.82) is 0 Å². The van der Waals surface area contributed by atoms with E-state index in [2.05, 4.69) is 4.99 Å². The zero-order valence-electron chi connectivity index (χ0n) is 13.6. The van der Waals surface area contributed by atoms with Crippen LogP contribution in [-0.2, 0) is 23.0 Å². The van der Waals surface area contributed by atoms with Gasteiger partial charge in [0.25, 0.3) is 5.91 Å². The molecule has 0 aliphatic heterocycles. The van der Waals surface area contributed by atoms with E-state index in [1.807, 2.05) is 23.7 Å². The molecule has 0 bridgehead atoms. The lowest BCUT2D eigenvalue weighted by Gasteiger charge is -2.01. The number of halogens is 1. The van der Waals surface area contributed by atoms with Gasteiger partial charge < -0.3 is 9.30 Å². The van der Waals surface area contributed by atoms with Gasteiger partial charge in [0.1, 0.15) is 0 Å². The van der Waals surface area contributed by atoms with Crippen molar-refractivity contribution < 1.29 is 14.3 Å². The minimum Gasteiger partial charge on any atom is -0.462 e. The van der Waals surface area contributed by atoms with Crippen molar-refractivity contribution in [2.45, 2.75) is 13.3 Å². The van der Waals surface area contributed by atoms with E-state index in [4.69, 9.17) is 16.3 Å². The first-order valence-corrected chi connectivity index (χ1v) is 9.57. The molecule has 5 nitrogen and oxygen atoms in total.